The summed E-state index contributed by atoms with van der Waals surface area (Å²) in [5, 5.41) is 14.9. The van der Waals surface area contributed by atoms with Gasteiger partial charge in [-0.3, -0.25) is 4.79 Å². The average molecular weight is 364 g/mol. The average Bonchev–Trinajstić information content (AvgIpc) is 2.53. The molecular weight excluding hydrogens is 350 g/mol. The highest BCUT2D eigenvalue weighted by Gasteiger charge is 2.26. The molecule has 0 bridgehead atoms. The molecule has 22 heavy (non-hydrogen) atoms. The number of aromatic nitrogens is 1. The number of ether oxygens (including phenoxy) is 1. The van der Waals surface area contributed by atoms with Gasteiger partial charge in [-0.2, -0.15) is 0 Å². The fourth-order valence-electron chi connectivity index (χ4n) is 2.24. The van der Waals surface area contributed by atoms with E-state index in [2.05, 4.69) is 31.5 Å². The second kappa shape index (κ2) is 6.33. The molecule has 0 radical (unpaired) electrons. The highest BCUT2D eigenvalue weighted by atomic mass is 79.9. The van der Waals surface area contributed by atoms with Crippen molar-refractivity contribution in [2.45, 2.75) is 6.17 Å². The number of hydrogen-bond donors (Lipinski definition) is 3. The SMILES string of the molecule is O=C1NC(c2ccc(OCCO)cc2Br)Nc2ncccc21. The lowest BCUT2D eigenvalue weighted by molar-refractivity contribution is 0.0935. The maximum absolute atomic E-state index is 12.1. The molecule has 0 aliphatic carbocycles. The first-order valence-corrected chi connectivity index (χ1v) is 7.54. The Kier molecular flexibility index (Phi) is 4.26. The zero-order valence-electron chi connectivity index (χ0n) is 11.5. The number of nitrogens with zero attached hydrogens (tertiary/aromatic N) is 1. The van der Waals surface area contributed by atoms with Crippen molar-refractivity contribution >= 4 is 27.7 Å². The number of anilines is 1. The van der Waals surface area contributed by atoms with Gasteiger partial charge in [-0.05, 0) is 24.3 Å². The minimum absolute atomic E-state index is 0.0396. The summed E-state index contributed by atoms with van der Waals surface area (Å²) >= 11 is 3.48. The summed E-state index contributed by atoms with van der Waals surface area (Å²) < 4.78 is 6.15. The largest absolute Gasteiger partial charge is 0.491 e. The molecule has 1 unspecified atom stereocenters. The summed E-state index contributed by atoms with van der Waals surface area (Å²) in [6.45, 7) is 0.198. The molecule has 1 aromatic carbocycles. The zero-order valence-corrected chi connectivity index (χ0v) is 13.1. The van der Waals surface area contributed by atoms with Crippen LogP contribution in [0.15, 0.2) is 41.0 Å². The van der Waals surface area contributed by atoms with Crippen molar-refractivity contribution in [3.8, 4) is 5.75 Å². The molecule has 3 N–H and O–H groups in total. The lowest BCUT2D eigenvalue weighted by Gasteiger charge is -2.28. The Morgan fingerprint density at radius 1 is 1.32 bits per heavy atom. The van der Waals surface area contributed by atoms with E-state index >= 15 is 0 Å². The number of halogens is 1. The Bertz CT molecular complexity index is 708. The standard InChI is InChI=1S/C15H14BrN3O3/c16-12-8-9(22-7-6-20)3-4-10(12)14-18-13-11(15(21)19-14)2-1-5-17-13/h1-5,8,14,20H,6-7H2,(H,17,18)(H,19,21). The van der Waals surface area contributed by atoms with Crippen LogP contribution in [0.4, 0.5) is 5.82 Å². The maximum atomic E-state index is 12.1. The van der Waals surface area contributed by atoms with E-state index in [1.807, 2.05) is 6.07 Å². The summed E-state index contributed by atoms with van der Waals surface area (Å²) in [4.78, 5) is 16.3. The zero-order chi connectivity index (χ0) is 15.5. The van der Waals surface area contributed by atoms with Crippen LogP contribution in [0.2, 0.25) is 0 Å². The third-order valence-electron chi connectivity index (χ3n) is 3.25. The van der Waals surface area contributed by atoms with Crippen LogP contribution in [-0.2, 0) is 0 Å². The van der Waals surface area contributed by atoms with E-state index in [1.54, 1.807) is 30.5 Å². The van der Waals surface area contributed by atoms with Gasteiger partial charge in [0, 0.05) is 16.2 Å². The number of aliphatic hydroxyl groups is 1. The minimum Gasteiger partial charge on any atom is -0.491 e. The number of aliphatic hydroxyl groups excluding tert-OH is 1. The Morgan fingerprint density at radius 3 is 2.95 bits per heavy atom. The Balaban J connectivity index is 1.85. The number of carbonyl (C=O) groups is 1. The number of rotatable bonds is 4. The summed E-state index contributed by atoms with van der Waals surface area (Å²) in [7, 11) is 0. The number of amides is 1. The van der Waals surface area contributed by atoms with Gasteiger partial charge in [0.25, 0.3) is 5.91 Å². The van der Waals surface area contributed by atoms with E-state index < -0.39 is 0 Å². The Morgan fingerprint density at radius 2 is 2.18 bits per heavy atom. The number of hydrogen-bond acceptors (Lipinski definition) is 5. The second-order valence-electron chi connectivity index (χ2n) is 4.71. The first kappa shape index (κ1) is 14.8. The van der Waals surface area contributed by atoms with Crippen molar-refractivity contribution in [3.05, 3.63) is 52.1 Å². The van der Waals surface area contributed by atoms with Crippen molar-refractivity contribution in [1.29, 1.82) is 0 Å². The summed E-state index contributed by atoms with van der Waals surface area (Å²) in [6.07, 6.45) is 1.26. The fraction of sp³-hybridized carbons (Fsp3) is 0.200. The summed E-state index contributed by atoms with van der Waals surface area (Å²) in [5.41, 5.74) is 1.39. The highest BCUT2D eigenvalue weighted by Crippen LogP contribution is 2.31. The molecule has 7 heteroatoms. The molecule has 3 rings (SSSR count). The molecule has 0 fully saturated rings. The molecule has 1 aliphatic heterocycles. The quantitative estimate of drug-likeness (QED) is 0.774. The molecule has 2 heterocycles. The molecule has 114 valence electrons. The molecular formula is C15H14BrN3O3. The third kappa shape index (κ3) is 2.90. The normalized spacial score (nSPS) is 16.5. The topological polar surface area (TPSA) is 83.5 Å². The molecule has 6 nitrogen and oxygen atoms in total. The smallest absolute Gasteiger partial charge is 0.256 e. The van der Waals surface area contributed by atoms with Gasteiger partial charge in [0.1, 0.15) is 24.3 Å². The van der Waals surface area contributed by atoms with Crippen LogP contribution in [0.1, 0.15) is 22.1 Å². The van der Waals surface area contributed by atoms with Crippen LogP contribution in [0.3, 0.4) is 0 Å². The van der Waals surface area contributed by atoms with E-state index in [-0.39, 0.29) is 25.3 Å². The first-order chi connectivity index (χ1) is 10.7. The van der Waals surface area contributed by atoms with E-state index in [0.717, 1.165) is 10.0 Å². The fourth-order valence-corrected chi connectivity index (χ4v) is 2.82. The lowest BCUT2D eigenvalue weighted by Crippen LogP contribution is -2.39. The van der Waals surface area contributed by atoms with E-state index in [0.29, 0.717) is 17.1 Å². The van der Waals surface area contributed by atoms with Gasteiger partial charge in [0.2, 0.25) is 0 Å². The van der Waals surface area contributed by atoms with Crippen molar-refractivity contribution in [3.63, 3.8) is 0 Å². The molecule has 1 aliphatic rings. The van der Waals surface area contributed by atoms with Crippen LogP contribution in [0.25, 0.3) is 0 Å². The van der Waals surface area contributed by atoms with E-state index in [9.17, 15) is 4.79 Å². The lowest BCUT2D eigenvalue weighted by atomic mass is 10.1. The number of benzene rings is 1. The van der Waals surface area contributed by atoms with Crippen molar-refractivity contribution in [2.24, 2.45) is 0 Å². The van der Waals surface area contributed by atoms with E-state index in [4.69, 9.17) is 9.84 Å². The highest BCUT2D eigenvalue weighted by molar-refractivity contribution is 9.10. The van der Waals surface area contributed by atoms with Crippen LogP contribution < -0.4 is 15.4 Å². The Hall–Kier alpha value is -2.12. The van der Waals surface area contributed by atoms with Crippen molar-refractivity contribution < 1.29 is 14.6 Å². The van der Waals surface area contributed by atoms with Crippen LogP contribution in [0.5, 0.6) is 5.75 Å². The molecule has 1 amide bonds. The van der Waals surface area contributed by atoms with Crippen molar-refractivity contribution in [1.82, 2.24) is 10.3 Å². The summed E-state index contributed by atoms with van der Waals surface area (Å²) in [5.74, 6) is 1.04. The third-order valence-corrected chi connectivity index (χ3v) is 3.94. The van der Waals surface area contributed by atoms with Gasteiger partial charge in [-0.15, -0.1) is 0 Å². The predicted octanol–water partition coefficient (Wildman–Crippen LogP) is 2.07. The first-order valence-electron chi connectivity index (χ1n) is 6.74. The monoisotopic (exact) mass is 363 g/mol. The number of nitrogens with one attached hydrogen (secondary N) is 2. The van der Waals surface area contributed by atoms with Crippen molar-refractivity contribution in [2.75, 3.05) is 18.5 Å². The molecule has 0 spiro atoms. The van der Waals surface area contributed by atoms with Gasteiger partial charge in [0.05, 0.1) is 12.2 Å². The van der Waals surface area contributed by atoms with Crippen LogP contribution >= 0.6 is 15.9 Å². The van der Waals surface area contributed by atoms with Crippen LogP contribution in [-0.4, -0.2) is 29.2 Å². The minimum atomic E-state index is -0.379. The molecule has 0 saturated carbocycles. The van der Waals surface area contributed by atoms with E-state index in [1.165, 1.54) is 0 Å². The number of pyridine rings is 1. The van der Waals surface area contributed by atoms with Crippen LogP contribution in [0, 0.1) is 0 Å². The summed E-state index contributed by atoms with van der Waals surface area (Å²) in [6, 6.07) is 8.89. The maximum Gasteiger partial charge on any atom is 0.256 e. The number of fused-ring (bicyclic) bond motifs is 1. The van der Waals surface area contributed by atoms with Gasteiger partial charge in [0.15, 0.2) is 0 Å². The molecule has 2 aromatic rings. The van der Waals surface area contributed by atoms with Gasteiger partial charge >= 0.3 is 0 Å². The van der Waals surface area contributed by atoms with Gasteiger partial charge in [-0.1, -0.05) is 22.0 Å². The number of carbonyl (C=O) groups excluding carboxylic acids is 1. The molecule has 1 aromatic heterocycles. The van der Waals surface area contributed by atoms with Gasteiger partial charge in [-0.25, -0.2) is 4.98 Å². The molecule has 0 saturated heterocycles. The Labute approximate surface area is 135 Å². The molecule has 1 atom stereocenters. The second-order valence-corrected chi connectivity index (χ2v) is 5.56. The van der Waals surface area contributed by atoms with Gasteiger partial charge < -0.3 is 20.5 Å². The predicted molar refractivity (Wildman–Crippen MR) is 84.8 cm³/mol.